The van der Waals surface area contributed by atoms with Gasteiger partial charge in [-0.25, -0.2) is 4.79 Å². The fraction of sp³-hybridized carbons (Fsp3) is 0.250. The Kier molecular flexibility index (Phi) is 2.93. The molecular formula is C16H15NO3. The smallest absolute Gasteiger partial charge is 0.337 e. The van der Waals surface area contributed by atoms with Gasteiger partial charge in [-0.1, -0.05) is 13.0 Å². The lowest BCUT2D eigenvalue weighted by atomic mass is 10.1. The summed E-state index contributed by atoms with van der Waals surface area (Å²) < 4.78 is 5.25. The molecular weight excluding hydrogens is 254 g/mol. The van der Waals surface area contributed by atoms with Crippen molar-refractivity contribution in [3.05, 3.63) is 46.6 Å². The van der Waals surface area contributed by atoms with E-state index in [-0.39, 0.29) is 0 Å². The van der Waals surface area contributed by atoms with Crippen LogP contribution >= 0.6 is 0 Å². The summed E-state index contributed by atoms with van der Waals surface area (Å²) in [7, 11) is 1.63. The van der Waals surface area contributed by atoms with Gasteiger partial charge in [0.15, 0.2) is 0 Å². The minimum atomic E-state index is -0.911. The third-order valence-electron chi connectivity index (χ3n) is 3.70. The molecule has 1 aromatic carbocycles. The van der Waals surface area contributed by atoms with E-state index < -0.39 is 5.97 Å². The zero-order chi connectivity index (χ0) is 14.3. The molecule has 0 saturated carbocycles. The molecule has 0 saturated heterocycles. The number of aromatic nitrogens is 1. The van der Waals surface area contributed by atoms with Gasteiger partial charge in [0.25, 0.3) is 0 Å². The standard InChI is InChI=1S/C16H15NO3/c1-3-14-13(16(18)19)7-10-6-9-4-5-11(20-2)8-12(9)15(10)17-14/h4-5,7-8H,3,6H2,1-2H3,(H,18,19). The molecule has 102 valence electrons. The van der Waals surface area contributed by atoms with Crippen molar-refractivity contribution in [2.75, 3.05) is 7.11 Å². The van der Waals surface area contributed by atoms with Gasteiger partial charge in [0.1, 0.15) is 5.75 Å². The number of hydrogen-bond donors (Lipinski definition) is 1. The van der Waals surface area contributed by atoms with Gasteiger partial charge in [0, 0.05) is 12.0 Å². The van der Waals surface area contributed by atoms with Gasteiger partial charge in [0.2, 0.25) is 0 Å². The molecule has 1 heterocycles. The van der Waals surface area contributed by atoms with Crippen molar-refractivity contribution < 1.29 is 14.6 Å². The number of ether oxygens (including phenoxy) is 1. The van der Waals surface area contributed by atoms with Gasteiger partial charge in [-0.15, -0.1) is 0 Å². The van der Waals surface area contributed by atoms with E-state index in [0.717, 1.165) is 34.6 Å². The minimum absolute atomic E-state index is 0.311. The molecule has 3 rings (SSSR count). The topological polar surface area (TPSA) is 59.4 Å². The molecule has 4 heteroatoms. The average molecular weight is 269 g/mol. The Balaban J connectivity index is 2.19. The minimum Gasteiger partial charge on any atom is -0.497 e. The summed E-state index contributed by atoms with van der Waals surface area (Å²) in [5.74, 6) is -0.121. The highest BCUT2D eigenvalue weighted by atomic mass is 16.5. The summed E-state index contributed by atoms with van der Waals surface area (Å²) in [6.07, 6.45) is 1.33. The van der Waals surface area contributed by atoms with Crippen LogP contribution in [0.3, 0.4) is 0 Å². The number of rotatable bonds is 3. The third-order valence-corrected chi connectivity index (χ3v) is 3.70. The first kappa shape index (κ1) is 12.7. The van der Waals surface area contributed by atoms with Gasteiger partial charge in [0.05, 0.1) is 24.1 Å². The molecule has 0 radical (unpaired) electrons. The van der Waals surface area contributed by atoms with Crippen molar-refractivity contribution in [2.24, 2.45) is 0 Å². The van der Waals surface area contributed by atoms with Crippen molar-refractivity contribution in [3.8, 4) is 17.0 Å². The molecule has 1 N–H and O–H groups in total. The highest BCUT2D eigenvalue weighted by Gasteiger charge is 2.24. The van der Waals surface area contributed by atoms with Gasteiger partial charge in [-0.05, 0) is 35.7 Å². The second-order valence-electron chi connectivity index (χ2n) is 4.85. The Labute approximate surface area is 117 Å². The van der Waals surface area contributed by atoms with Gasteiger partial charge in [-0.2, -0.15) is 0 Å². The highest BCUT2D eigenvalue weighted by Crippen LogP contribution is 2.38. The van der Waals surface area contributed by atoms with Gasteiger partial charge >= 0.3 is 5.97 Å². The van der Waals surface area contributed by atoms with Crippen LogP contribution in [-0.2, 0) is 12.8 Å². The molecule has 4 nitrogen and oxygen atoms in total. The maximum atomic E-state index is 11.3. The summed E-state index contributed by atoms with van der Waals surface area (Å²) in [6.45, 7) is 1.92. The van der Waals surface area contributed by atoms with Crippen LogP contribution in [0, 0.1) is 0 Å². The summed E-state index contributed by atoms with van der Waals surface area (Å²) in [5.41, 5.74) is 5.02. The number of pyridine rings is 1. The molecule has 0 unspecified atom stereocenters. The van der Waals surface area contributed by atoms with Crippen LogP contribution in [-0.4, -0.2) is 23.2 Å². The van der Waals surface area contributed by atoms with Crippen molar-refractivity contribution in [3.63, 3.8) is 0 Å². The molecule has 20 heavy (non-hydrogen) atoms. The maximum absolute atomic E-state index is 11.3. The van der Waals surface area contributed by atoms with Crippen LogP contribution in [0.1, 0.15) is 34.1 Å². The molecule has 2 aromatic rings. The Hall–Kier alpha value is -2.36. The number of nitrogens with zero attached hydrogens (tertiary/aromatic N) is 1. The number of hydrogen-bond acceptors (Lipinski definition) is 3. The molecule has 0 aliphatic heterocycles. The zero-order valence-corrected chi connectivity index (χ0v) is 11.4. The Morgan fingerprint density at radius 2 is 2.15 bits per heavy atom. The van der Waals surface area contributed by atoms with Gasteiger partial charge in [-0.3, -0.25) is 4.98 Å². The van der Waals surface area contributed by atoms with Crippen molar-refractivity contribution >= 4 is 5.97 Å². The van der Waals surface area contributed by atoms with E-state index in [0.29, 0.717) is 17.7 Å². The van der Waals surface area contributed by atoms with Gasteiger partial charge < -0.3 is 9.84 Å². The highest BCUT2D eigenvalue weighted by molar-refractivity contribution is 5.90. The Bertz CT molecular complexity index is 707. The Morgan fingerprint density at radius 1 is 1.35 bits per heavy atom. The number of fused-ring (bicyclic) bond motifs is 3. The first-order chi connectivity index (χ1) is 9.63. The number of carbonyl (C=O) groups is 1. The summed E-state index contributed by atoms with van der Waals surface area (Å²) >= 11 is 0. The number of methoxy groups -OCH3 is 1. The van der Waals surface area contributed by atoms with Crippen LogP contribution in [0.2, 0.25) is 0 Å². The second-order valence-corrected chi connectivity index (χ2v) is 4.85. The second kappa shape index (κ2) is 4.63. The molecule has 1 aromatic heterocycles. The predicted molar refractivity (Wildman–Crippen MR) is 75.4 cm³/mol. The molecule has 0 spiro atoms. The predicted octanol–water partition coefficient (Wildman–Crippen LogP) is 2.92. The van der Waals surface area contributed by atoms with E-state index >= 15 is 0 Å². The van der Waals surface area contributed by atoms with E-state index in [2.05, 4.69) is 4.98 Å². The lowest BCUT2D eigenvalue weighted by molar-refractivity contribution is 0.0695. The summed E-state index contributed by atoms with van der Waals surface area (Å²) in [4.78, 5) is 15.9. The molecule has 0 bridgehead atoms. The fourth-order valence-corrected chi connectivity index (χ4v) is 2.68. The average Bonchev–Trinajstić information content (AvgIpc) is 2.82. The van der Waals surface area contributed by atoms with Crippen LogP contribution in [0.15, 0.2) is 24.3 Å². The summed E-state index contributed by atoms with van der Waals surface area (Å²) in [6, 6.07) is 7.66. The van der Waals surface area contributed by atoms with Crippen LogP contribution in [0.25, 0.3) is 11.3 Å². The third kappa shape index (κ3) is 1.84. The SMILES string of the molecule is CCc1nc2c(cc1C(=O)O)Cc1ccc(OC)cc1-2. The molecule has 0 atom stereocenters. The number of carboxylic acid groups (broad SMARTS) is 1. The number of aryl methyl sites for hydroxylation is 1. The molecule has 0 amide bonds. The van der Waals surface area contributed by atoms with E-state index in [4.69, 9.17) is 4.74 Å². The number of benzene rings is 1. The van der Waals surface area contributed by atoms with Crippen molar-refractivity contribution in [1.82, 2.24) is 4.98 Å². The quantitative estimate of drug-likeness (QED) is 0.794. The number of aromatic carboxylic acids is 1. The van der Waals surface area contributed by atoms with Crippen LogP contribution < -0.4 is 4.74 Å². The zero-order valence-electron chi connectivity index (χ0n) is 11.4. The first-order valence-corrected chi connectivity index (χ1v) is 6.57. The molecule has 1 aliphatic rings. The maximum Gasteiger partial charge on any atom is 0.337 e. The number of carboxylic acids is 1. The molecule has 0 fully saturated rings. The largest absolute Gasteiger partial charge is 0.497 e. The van der Waals surface area contributed by atoms with E-state index in [1.54, 1.807) is 13.2 Å². The van der Waals surface area contributed by atoms with Crippen LogP contribution in [0.4, 0.5) is 0 Å². The van der Waals surface area contributed by atoms with E-state index in [1.807, 2.05) is 25.1 Å². The van der Waals surface area contributed by atoms with E-state index in [9.17, 15) is 9.90 Å². The normalized spacial score (nSPS) is 11.9. The monoisotopic (exact) mass is 269 g/mol. The lowest BCUT2D eigenvalue weighted by Gasteiger charge is -2.08. The van der Waals surface area contributed by atoms with Crippen molar-refractivity contribution in [1.29, 1.82) is 0 Å². The molecule has 1 aliphatic carbocycles. The first-order valence-electron chi connectivity index (χ1n) is 6.57. The van der Waals surface area contributed by atoms with Crippen LogP contribution in [0.5, 0.6) is 5.75 Å². The summed E-state index contributed by atoms with van der Waals surface area (Å²) in [5, 5.41) is 9.27. The lowest BCUT2D eigenvalue weighted by Crippen LogP contribution is -2.06. The fourth-order valence-electron chi connectivity index (χ4n) is 2.68. The van der Waals surface area contributed by atoms with Crippen molar-refractivity contribution in [2.45, 2.75) is 19.8 Å². The Morgan fingerprint density at radius 3 is 2.80 bits per heavy atom. The van der Waals surface area contributed by atoms with E-state index in [1.165, 1.54) is 0 Å².